The molecule has 0 spiro atoms. The highest BCUT2D eigenvalue weighted by Gasteiger charge is 2.10. The normalized spacial score (nSPS) is 10.8. The van der Waals surface area contributed by atoms with Gasteiger partial charge < -0.3 is 20.2 Å². The average Bonchev–Trinajstić information content (AvgIpc) is 3.01. The Bertz CT molecular complexity index is 943. The van der Waals surface area contributed by atoms with E-state index >= 15 is 0 Å². The number of esters is 1. The molecule has 0 bridgehead atoms. The molecule has 8 heteroatoms. The van der Waals surface area contributed by atoms with Crippen LogP contribution in [-0.4, -0.2) is 34.6 Å². The van der Waals surface area contributed by atoms with Crippen molar-refractivity contribution in [2.24, 2.45) is 0 Å². The lowest BCUT2D eigenvalue weighted by Gasteiger charge is -2.06. The van der Waals surface area contributed by atoms with E-state index in [0.717, 1.165) is 12.0 Å². The topological polar surface area (TPSA) is 123 Å². The predicted octanol–water partition coefficient (Wildman–Crippen LogP) is 1.63. The average molecular weight is 342 g/mol. The first-order valence-corrected chi connectivity index (χ1v) is 7.75. The summed E-state index contributed by atoms with van der Waals surface area (Å²) in [5.41, 5.74) is 7.09. The fourth-order valence-corrected chi connectivity index (χ4v) is 2.58. The summed E-state index contributed by atoms with van der Waals surface area (Å²) in [4.78, 5) is 32.9. The highest BCUT2D eigenvalue weighted by molar-refractivity contribution is 5.89. The van der Waals surface area contributed by atoms with Gasteiger partial charge in [0.15, 0.2) is 0 Å². The molecule has 1 aromatic carbocycles. The molecule has 0 radical (unpaired) electrons. The first-order chi connectivity index (χ1) is 12.1. The Morgan fingerprint density at radius 2 is 2.04 bits per heavy atom. The van der Waals surface area contributed by atoms with E-state index in [4.69, 9.17) is 10.5 Å². The minimum Gasteiger partial charge on any atom is -0.494 e. The van der Waals surface area contributed by atoms with Gasteiger partial charge in [0.05, 0.1) is 24.7 Å². The summed E-state index contributed by atoms with van der Waals surface area (Å²) >= 11 is 0. The minimum atomic E-state index is -0.384. The smallest absolute Gasteiger partial charge is 0.337 e. The maximum absolute atomic E-state index is 12.0. The monoisotopic (exact) mass is 342 g/mol. The van der Waals surface area contributed by atoms with Gasteiger partial charge in [-0.05, 0) is 42.7 Å². The van der Waals surface area contributed by atoms with Crippen molar-refractivity contribution in [3.05, 3.63) is 51.9 Å². The Balaban J connectivity index is 1.57. The summed E-state index contributed by atoms with van der Waals surface area (Å²) < 4.78 is 10.3. The van der Waals surface area contributed by atoms with Crippen molar-refractivity contribution in [1.82, 2.24) is 15.0 Å². The van der Waals surface area contributed by atoms with Gasteiger partial charge in [-0.15, -0.1) is 0 Å². The minimum absolute atomic E-state index is 0.0876. The number of anilines is 1. The molecule has 4 N–H and O–H groups in total. The highest BCUT2D eigenvalue weighted by atomic mass is 16.5. The van der Waals surface area contributed by atoms with Crippen LogP contribution >= 0.6 is 0 Å². The molecular weight excluding hydrogens is 324 g/mol. The summed E-state index contributed by atoms with van der Waals surface area (Å²) in [7, 11) is 1.34. The van der Waals surface area contributed by atoms with Crippen molar-refractivity contribution in [1.29, 1.82) is 0 Å². The molecule has 2 aromatic heterocycles. The van der Waals surface area contributed by atoms with Crippen molar-refractivity contribution in [3.8, 4) is 5.75 Å². The molecule has 3 aromatic rings. The number of nitrogen functional groups attached to an aromatic ring is 1. The molecule has 0 amide bonds. The van der Waals surface area contributed by atoms with Crippen molar-refractivity contribution >= 4 is 23.0 Å². The molecule has 0 atom stereocenters. The number of fused-ring (bicyclic) bond motifs is 1. The number of aromatic amines is 2. The molecule has 25 heavy (non-hydrogen) atoms. The fraction of sp³-hybridized carbons (Fsp3) is 0.235. The quantitative estimate of drug-likeness (QED) is 0.462. The van der Waals surface area contributed by atoms with Gasteiger partial charge in [-0.25, -0.2) is 4.79 Å². The number of benzene rings is 1. The molecule has 0 unspecified atom stereocenters. The maximum Gasteiger partial charge on any atom is 0.337 e. The van der Waals surface area contributed by atoms with Crippen LogP contribution in [-0.2, 0) is 11.2 Å². The number of aryl methyl sites for hydroxylation is 1. The Labute approximate surface area is 143 Å². The number of rotatable bonds is 6. The molecule has 0 aliphatic heterocycles. The van der Waals surface area contributed by atoms with Crippen LogP contribution in [0.2, 0.25) is 0 Å². The number of hydrogen-bond acceptors (Lipinski definition) is 6. The van der Waals surface area contributed by atoms with E-state index < -0.39 is 0 Å². The Hall–Kier alpha value is -3.29. The second-order valence-corrected chi connectivity index (χ2v) is 5.46. The van der Waals surface area contributed by atoms with Crippen molar-refractivity contribution in [2.45, 2.75) is 12.8 Å². The van der Waals surface area contributed by atoms with Crippen LogP contribution in [0.25, 0.3) is 11.0 Å². The number of ether oxygens (including phenoxy) is 2. The SMILES string of the molecule is COC(=O)c1ccc(OCCCc2c[nH]c3nc(N)[nH]c(=O)c23)cc1. The van der Waals surface area contributed by atoms with Gasteiger partial charge in [0.1, 0.15) is 11.4 Å². The van der Waals surface area contributed by atoms with Crippen molar-refractivity contribution < 1.29 is 14.3 Å². The molecule has 130 valence electrons. The molecule has 0 aliphatic rings. The van der Waals surface area contributed by atoms with Crippen molar-refractivity contribution in [3.63, 3.8) is 0 Å². The third-order valence-corrected chi connectivity index (χ3v) is 3.78. The maximum atomic E-state index is 12.0. The summed E-state index contributed by atoms with van der Waals surface area (Å²) in [6.07, 6.45) is 3.14. The molecule has 8 nitrogen and oxygen atoms in total. The van der Waals surface area contributed by atoms with Gasteiger partial charge >= 0.3 is 5.97 Å². The summed E-state index contributed by atoms with van der Waals surface area (Å²) in [5.74, 6) is 0.369. The third kappa shape index (κ3) is 3.63. The van der Waals surface area contributed by atoms with E-state index in [1.54, 1.807) is 30.5 Å². The van der Waals surface area contributed by atoms with Crippen LogP contribution < -0.4 is 16.0 Å². The lowest BCUT2D eigenvalue weighted by atomic mass is 10.1. The van der Waals surface area contributed by atoms with E-state index in [0.29, 0.717) is 35.4 Å². The second kappa shape index (κ2) is 7.08. The lowest BCUT2D eigenvalue weighted by Crippen LogP contribution is -2.11. The lowest BCUT2D eigenvalue weighted by molar-refractivity contribution is 0.0600. The predicted molar refractivity (Wildman–Crippen MR) is 92.7 cm³/mol. The van der Waals surface area contributed by atoms with Crippen LogP contribution in [0.3, 0.4) is 0 Å². The standard InChI is InChI=1S/C17H18N4O4/c1-24-16(23)10-4-6-12(7-5-10)25-8-2-3-11-9-19-14-13(11)15(22)21-17(18)20-14/h4-7,9H,2-3,8H2,1H3,(H4,18,19,20,21,22). The Morgan fingerprint density at radius 3 is 2.76 bits per heavy atom. The molecule has 2 heterocycles. The van der Waals surface area contributed by atoms with Crippen LogP contribution in [0.15, 0.2) is 35.3 Å². The number of hydrogen-bond donors (Lipinski definition) is 3. The number of H-pyrrole nitrogens is 2. The highest BCUT2D eigenvalue weighted by Crippen LogP contribution is 2.16. The summed E-state index contributed by atoms with van der Waals surface area (Å²) in [6.45, 7) is 0.477. The van der Waals surface area contributed by atoms with Gasteiger partial charge in [-0.2, -0.15) is 4.98 Å². The van der Waals surface area contributed by atoms with Crippen LogP contribution in [0.4, 0.5) is 5.95 Å². The van der Waals surface area contributed by atoms with Gasteiger partial charge in [0.25, 0.3) is 5.56 Å². The van der Waals surface area contributed by atoms with Gasteiger partial charge in [-0.1, -0.05) is 0 Å². The zero-order valence-corrected chi connectivity index (χ0v) is 13.7. The second-order valence-electron chi connectivity index (χ2n) is 5.46. The van der Waals surface area contributed by atoms with Crippen LogP contribution in [0, 0.1) is 0 Å². The number of methoxy groups -OCH3 is 1. The van der Waals surface area contributed by atoms with E-state index in [1.807, 2.05) is 0 Å². The summed E-state index contributed by atoms with van der Waals surface area (Å²) in [6, 6.07) is 6.73. The number of carbonyl (C=O) groups is 1. The Kier molecular flexibility index (Phi) is 4.69. The van der Waals surface area contributed by atoms with Crippen LogP contribution in [0.5, 0.6) is 5.75 Å². The van der Waals surface area contributed by atoms with E-state index in [-0.39, 0.29) is 17.5 Å². The summed E-state index contributed by atoms with van der Waals surface area (Å²) in [5, 5.41) is 0.525. The largest absolute Gasteiger partial charge is 0.494 e. The van der Waals surface area contributed by atoms with E-state index in [2.05, 4.69) is 19.7 Å². The molecule has 3 rings (SSSR count). The number of nitrogens with two attached hydrogens (primary N) is 1. The number of aromatic nitrogens is 3. The van der Waals surface area contributed by atoms with Crippen LogP contribution in [0.1, 0.15) is 22.3 Å². The fourth-order valence-electron chi connectivity index (χ4n) is 2.58. The molecular formula is C17H18N4O4. The number of nitrogens with one attached hydrogen (secondary N) is 2. The van der Waals surface area contributed by atoms with Gasteiger partial charge in [0, 0.05) is 6.20 Å². The van der Waals surface area contributed by atoms with E-state index in [1.165, 1.54) is 7.11 Å². The molecule has 0 saturated carbocycles. The van der Waals surface area contributed by atoms with E-state index in [9.17, 15) is 9.59 Å². The first kappa shape index (κ1) is 16.6. The third-order valence-electron chi connectivity index (χ3n) is 3.78. The Morgan fingerprint density at radius 1 is 1.28 bits per heavy atom. The van der Waals surface area contributed by atoms with Gasteiger partial charge in [0.2, 0.25) is 5.95 Å². The van der Waals surface area contributed by atoms with Gasteiger partial charge in [-0.3, -0.25) is 9.78 Å². The molecule has 0 saturated heterocycles. The molecule has 0 fully saturated rings. The zero-order valence-electron chi connectivity index (χ0n) is 13.7. The zero-order chi connectivity index (χ0) is 17.8. The number of nitrogens with zero attached hydrogens (tertiary/aromatic N) is 1. The van der Waals surface area contributed by atoms with Crippen molar-refractivity contribution in [2.75, 3.05) is 19.5 Å². The molecule has 0 aliphatic carbocycles. The number of carbonyl (C=O) groups excluding carboxylic acids is 1. The first-order valence-electron chi connectivity index (χ1n) is 7.75.